The van der Waals surface area contributed by atoms with Crippen LogP contribution in [0.15, 0.2) is 42.5 Å². The Morgan fingerprint density at radius 2 is 1.72 bits per heavy atom. The molecule has 156 valence electrons. The van der Waals surface area contributed by atoms with E-state index in [0.717, 1.165) is 5.56 Å². The van der Waals surface area contributed by atoms with Crippen LogP contribution in [-0.4, -0.2) is 31.7 Å². The fraction of sp³-hybridized carbons (Fsp3) is 0.364. The standard InChI is InChI=1S/C22H26FNO5/c1-14(2)13-28-19-10-7-17(11-20(19)27-4)22(26)29-15(3)21(25)24-12-16-5-8-18(23)9-6-16/h5-11,14-15H,12-13H2,1-4H3,(H,24,25)/t15-/m0/s1. The number of ether oxygens (including phenoxy) is 3. The number of hydrogen-bond donors (Lipinski definition) is 1. The maximum absolute atomic E-state index is 12.9. The van der Waals surface area contributed by atoms with Gasteiger partial charge in [0.05, 0.1) is 19.3 Å². The first-order valence-electron chi connectivity index (χ1n) is 9.34. The van der Waals surface area contributed by atoms with Gasteiger partial charge in [0, 0.05) is 6.54 Å². The van der Waals surface area contributed by atoms with E-state index in [1.54, 1.807) is 24.3 Å². The van der Waals surface area contributed by atoms with E-state index < -0.39 is 18.0 Å². The van der Waals surface area contributed by atoms with Gasteiger partial charge in [-0.25, -0.2) is 9.18 Å². The molecule has 1 amide bonds. The Balaban J connectivity index is 1.93. The number of methoxy groups -OCH3 is 1. The quantitative estimate of drug-likeness (QED) is 0.646. The average molecular weight is 403 g/mol. The van der Waals surface area contributed by atoms with Gasteiger partial charge in [-0.05, 0) is 48.7 Å². The number of carbonyl (C=O) groups is 2. The minimum Gasteiger partial charge on any atom is -0.493 e. The van der Waals surface area contributed by atoms with Crippen LogP contribution in [0.1, 0.15) is 36.7 Å². The summed E-state index contributed by atoms with van der Waals surface area (Å²) < 4.78 is 29.1. The molecule has 0 saturated heterocycles. The predicted octanol–water partition coefficient (Wildman–Crippen LogP) is 3.73. The number of halogens is 1. The topological polar surface area (TPSA) is 73.9 Å². The molecule has 0 heterocycles. The van der Waals surface area contributed by atoms with E-state index >= 15 is 0 Å². The molecule has 2 rings (SSSR count). The lowest BCUT2D eigenvalue weighted by Gasteiger charge is -2.15. The summed E-state index contributed by atoms with van der Waals surface area (Å²) in [6.45, 7) is 6.26. The van der Waals surface area contributed by atoms with Gasteiger partial charge >= 0.3 is 5.97 Å². The van der Waals surface area contributed by atoms with Crippen LogP contribution < -0.4 is 14.8 Å². The van der Waals surface area contributed by atoms with Crippen LogP contribution in [0.3, 0.4) is 0 Å². The van der Waals surface area contributed by atoms with E-state index in [4.69, 9.17) is 14.2 Å². The number of carbonyl (C=O) groups excluding carboxylic acids is 2. The molecule has 2 aromatic carbocycles. The van der Waals surface area contributed by atoms with Gasteiger partial charge in [-0.15, -0.1) is 0 Å². The van der Waals surface area contributed by atoms with Crippen molar-refractivity contribution >= 4 is 11.9 Å². The third kappa shape index (κ3) is 6.78. The second kappa shape index (κ2) is 10.5. The second-order valence-corrected chi connectivity index (χ2v) is 6.96. The fourth-order valence-electron chi connectivity index (χ4n) is 2.39. The second-order valence-electron chi connectivity index (χ2n) is 6.96. The molecule has 0 aliphatic carbocycles. The summed E-state index contributed by atoms with van der Waals surface area (Å²) in [4.78, 5) is 24.5. The van der Waals surface area contributed by atoms with Gasteiger partial charge in [0.2, 0.25) is 0 Å². The number of amides is 1. The van der Waals surface area contributed by atoms with Gasteiger partial charge in [0.15, 0.2) is 17.6 Å². The first kappa shape index (κ1) is 22.2. The van der Waals surface area contributed by atoms with Crippen LogP contribution in [0.25, 0.3) is 0 Å². The molecule has 1 atom stereocenters. The maximum atomic E-state index is 12.9. The van der Waals surface area contributed by atoms with Crippen LogP contribution in [0, 0.1) is 11.7 Å². The van der Waals surface area contributed by atoms with E-state index in [1.165, 1.54) is 32.2 Å². The largest absolute Gasteiger partial charge is 0.493 e. The monoisotopic (exact) mass is 403 g/mol. The van der Waals surface area contributed by atoms with E-state index in [9.17, 15) is 14.0 Å². The molecular formula is C22H26FNO5. The Bertz CT molecular complexity index is 836. The highest BCUT2D eigenvalue weighted by Gasteiger charge is 2.20. The summed E-state index contributed by atoms with van der Waals surface area (Å²) in [6.07, 6.45) is -0.995. The first-order valence-corrected chi connectivity index (χ1v) is 9.34. The van der Waals surface area contributed by atoms with Crippen LogP contribution in [0.2, 0.25) is 0 Å². The van der Waals surface area contributed by atoms with Crippen molar-refractivity contribution in [1.82, 2.24) is 5.32 Å². The predicted molar refractivity (Wildman–Crippen MR) is 106 cm³/mol. The zero-order valence-corrected chi connectivity index (χ0v) is 17.0. The van der Waals surface area contributed by atoms with Gasteiger partial charge < -0.3 is 19.5 Å². The van der Waals surface area contributed by atoms with Crippen molar-refractivity contribution in [3.63, 3.8) is 0 Å². The lowest BCUT2D eigenvalue weighted by atomic mass is 10.2. The Hall–Kier alpha value is -3.09. The Labute approximate surface area is 170 Å². The van der Waals surface area contributed by atoms with Crippen molar-refractivity contribution in [2.75, 3.05) is 13.7 Å². The fourth-order valence-corrected chi connectivity index (χ4v) is 2.39. The molecule has 2 aromatic rings. The summed E-state index contributed by atoms with van der Waals surface area (Å²) in [5.41, 5.74) is 0.983. The number of rotatable bonds is 9. The van der Waals surface area contributed by atoms with E-state index in [2.05, 4.69) is 5.32 Å². The van der Waals surface area contributed by atoms with Crippen molar-refractivity contribution in [1.29, 1.82) is 0 Å². The van der Waals surface area contributed by atoms with Crippen molar-refractivity contribution in [3.05, 3.63) is 59.4 Å². The molecule has 0 radical (unpaired) electrons. The molecule has 1 N–H and O–H groups in total. The lowest BCUT2D eigenvalue weighted by molar-refractivity contribution is -0.129. The highest BCUT2D eigenvalue weighted by atomic mass is 19.1. The number of nitrogens with one attached hydrogen (secondary N) is 1. The molecule has 0 aromatic heterocycles. The number of esters is 1. The Kier molecular flexibility index (Phi) is 8.00. The highest BCUT2D eigenvalue weighted by molar-refractivity contribution is 5.92. The SMILES string of the molecule is COc1cc(C(=O)O[C@@H](C)C(=O)NCc2ccc(F)cc2)ccc1OCC(C)C. The van der Waals surface area contributed by atoms with Crippen LogP contribution >= 0.6 is 0 Å². The van der Waals surface area contributed by atoms with Crippen LogP contribution in [-0.2, 0) is 16.1 Å². The lowest BCUT2D eigenvalue weighted by Crippen LogP contribution is -2.35. The average Bonchev–Trinajstić information content (AvgIpc) is 2.71. The molecule has 0 aliphatic rings. The van der Waals surface area contributed by atoms with E-state index in [1.807, 2.05) is 13.8 Å². The van der Waals surface area contributed by atoms with Crippen molar-refractivity contribution in [3.8, 4) is 11.5 Å². The van der Waals surface area contributed by atoms with Crippen LogP contribution in [0.4, 0.5) is 4.39 Å². The van der Waals surface area contributed by atoms with Crippen molar-refractivity contribution in [2.24, 2.45) is 5.92 Å². The summed E-state index contributed by atoms with van der Waals surface area (Å²) in [6, 6.07) is 10.5. The zero-order chi connectivity index (χ0) is 21.4. The normalized spacial score (nSPS) is 11.7. The summed E-state index contributed by atoms with van der Waals surface area (Å²) in [7, 11) is 1.48. The van der Waals surface area contributed by atoms with Gasteiger partial charge in [-0.1, -0.05) is 26.0 Å². The van der Waals surface area contributed by atoms with E-state index in [0.29, 0.717) is 24.0 Å². The molecule has 0 bridgehead atoms. The molecule has 0 aliphatic heterocycles. The highest BCUT2D eigenvalue weighted by Crippen LogP contribution is 2.29. The molecule has 0 spiro atoms. The van der Waals surface area contributed by atoms with Gasteiger partial charge in [0.1, 0.15) is 5.82 Å². The van der Waals surface area contributed by atoms with Crippen molar-refractivity contribution in [2.45, 2.75) is 33.4 Å². The summed E-state index contributed by atoms with van der Waals surface area (Å²) >= 11 is 0. The van der Waals surface area contributed by atoms with Gasteiger partial charge in [-0.2, -0.15) is 0 Å². The van der Waals surface area contributed by atoms with Crippen LogP contribution in [0.5, 0.6) is 11.5 Å². The number of benzene rings is 2. The number of hydrogen-bond acceptors (Lipinski definition) is 5. The third-order valence-corrected chi connectivity index (χ3v) is 4.00. The van der Waals surface area contributed by atoms with Gasteiger partial charge in [0.25, 0.3) is 5.91 Å². The summed E-state index contributed by atoms with van der Waals surface area (Å²) in [5, 5.41) is 2.65. The molecule has 6 nitrogen and oxygen atoms in total. The Morgan fingerprint density at radius 1 is 1.03 bits per heavy atom. The molecule has 0 unspecified atom stereocenters. The molecule has 29 heavy (non-hydrogen) atoms. The molecule has 0 saturated carbocycles. The van der Waals surface area contributed by atoms with Gasteiger partial charge in [-0.3, -0.25) is 4.79 Å². The molecular weight excluding hydrogens is 377 g/mol. The van der Waals surface area contributed by atoms with Crippen molar-refractivity contribution < 1.29 is 28.2 Å². The molecule has 7 heteroatoms. The minimum absolute atomic E-state index is 0.205. The first-order chi connectivity index (χ1) is 13.8. The third-order valence-electron chi connectivity index (χ3n) is 4.00. The summed E-state index contributed by atoms with van der Waals surface area (Å²) in [5.74, 6) is -0.164. The maximum Gasteiger partial charge on any atom is 0.339 e. The Morgan fingerprint density at radius 3 is 2.34 bits per heavy atom. The smallest absolute Gasteiger partial charge is 0.339 e. The minimum atomic E-state index is -0.995. The zero-order valence-electron chi connectivity index (χ0n) is 17.0. The molecule has 0 fully saturated rings. The van der Waals surface area contributed by atoms with E-state index in [-0.39, 0.29) is 17.9 Å².